The van der Waals surface area contributed by atoms with E-state index in [-0.39, 0.29) is 5.91 Å². The van der Waals surface area contributed by atoms with E-state index in [1.54, 1.807) is 16.3 Å². The normalized spacial score (nSPS) is 18.1. The lowest BCUT2D eigenvalue weighted by molar-refractivity contribution is -0.141. The molecule has 3 heterocycles. The number of amides is 1. The first-order chi connectivity index (χ1) is 10.1. The van der Waals surface area contributed by atoms with Gasteiger partial charge in [0.15, 0.2) is 0 Å². The van der Waals surface area contributed by atoms with Crippen LogP contribution >= 0.6 is 0 Å². The molecule has 1 aliphatic rings. The second kappa shape index (κ2) is 5.08. The van der Waals surface area contributed by atoms with E-state index in [1.165, 1.54) is 11.1 Å². The maximum atomic E-state index is 12.7. The molecule has 0 radical (unpaired) electrons. The number of carbonyl (C=O) groups excluding carboxylic acids is 1. The van der Waals surface area contributed by atoms with E-state index < -0.39 is 12.0 Å². The minimum absolute atomic E-state index is 0.281. The highest BCUT2D eigenvalue weighted by molar-refractivity contribution is 5.99. The van der Waals surface area contributed by atoms with Crippen LogP contribution in [-0.2, 0) is 11.8 Å². The number of hydrogen-bond donors (Lipinski definition) is 1. The molecule has 1 N–H and O–H groups in total. The number of aryl methyl sites for hydroxylation is 1. The van der Waals surface area contributed by atoms with Gasteiger partial charge in [0.1, 0.15) is 17.4 Å². The van der Waals surface area contributed by atoms with Gasteiger partial charge >= 0.3 is 5.97 Å². The van der Waals surface area contributed by atoms with Crippen molar-refractivity contribution in [3.63, 3.8) is 0 Å². The maximum absolute atomic E-state index is 12.7. The zero-order chi connectivity index (χ0) is 15.0. The van der Waals surface area contributed by atoms with Crippen molar-refractivity contribution in [3.8, 4) is 5.82 Å². The molecule has 1 aliphatic heterocycles. The van der Waals surface area contributed by atoms with E-state index in [0.717, 1.165) is 0 Å². The van der Waals surface area contributed by atoms with Gasteiger partial charge < -0.3 is 14.6 Å². The van der Waals surface area contributed by atoms with Crippen LogP contribution in [0.25, 0.3) is 5.82 Å². The summed E-state index contributed by atoms with van der Waals surface area (Å²) in [6.45, 7) is 0.468. The minimum atomic E-state index is -0.952. The van der Waals surface area contributed by atoms with Crippen LogP contribution in [0.4, 0.5) is 0 Å². The van der Waals surface area contributed by atoms with Crippen molar-refractivity contribution in [2.24, 2.45) is 7.05 Å². The lowest BCUT2D eigenvalue weighted by Crippen LogP contribution is -2.40. The van der Waals surface area contributed by atoms with Gasteiger partial charge in [0, 0.05) is 26.0 Å². The van der Waals surface area contributed by atoms with Crippen molar-refractivity contribution < 1.29 is 14.7 Å². The molecule has 110 valence electrons. The number of carboxylic acids is 1. The summed E-state index contributed by atoms with van der Waals surface area (Å²) in [7, 11) is 1.75. The fourth-order valence-corrected chi connectivity index (χ4v) is 2.79. The summed E-state index contributed by atoms with van der Waals surface area (Å²) in [6, 6.07) is 2.98. The first kappa shape index (κ1) is 13.4. The Balaban J connectivity index is 1.98. The average Bonchev–Trinajstić information content (AvgIpc) is 3.17. The van der Waals surface area contributed by atoms with Crippen LogP contribution < -0.4 is 0 Å². The van der Waals surface area contributed by atoms with Gasteiger partial charge in [-0.2, -0.15) is 5.10 Å². The van der Waals surface area contributed by atoms with E-state index in [1.807, 2.05) is 24.5 Å². The Labute approximate surface area is 121 Å². The topological polar surface area (TPSA) is 80.4 Å². The number of rotatable bonds is 3. The van der Waals surface area contributed by atoms with Gasteiger partial charge in [-0.15, -0.1) is 0 Å². The molecule has 21 heavy (non-hydrogen) atoms. The standard InChI is InChI=1S/C14H16N4O3/c1-16-12(17-6-2-3-7-17)10(9-15-16)13(19)18-8-4-5-11(18)14(20)21/h2-3,6-7,9,11H,4-5,8H2,1H3,(H,20,21). The zero-order valence-electron chi connectivity index (χ0n) is 11.6. The summed E-state index contributed by atoms with van der Waals surface area (Å²) in [5.74, 6) is -0.593. The molecule has 2 aromatic heterocycles. The molecule has 3 rings (SSSR count). The summed E-state index contributed by atoms with van der Waals surface area (Å²) in [5.41, 5.74) is 0.418. The molecular formula is C14H16N4O3. The van der Waals surface area contributed by atoms with Crippen molar-refractivity contribution in [1.82, 2.24) is 19.2 Å². The lowest BCUT2D eigenvalue weighted by atomic mass is 10.2. The fourth-order valence-electron chi connectivity index (χ4n) is 2.79. The van der Waals surface area contributed by atoms with Crippen LogP contribution in [0.3, 0.4) is 0 Å². The van der Waals surface area contributed by atoms with Crippen molar-refractivity contribution in [2.75, 3.05) is 6.54 Å². The molecule has 0 aliphatic carbocycles. The van der Waals surface area contributed by atoms with Gasteiger partial charge in [-0.3, -0.25) is 9.48 Å². The largest absolute Gasteiger partial charge is 0.480 e. The van der Waals surface area contributed by atoms with E-state index in [4.69, 9.17) is 0 Å². The van der Waals surface area contributed by atoms with E-state index >= 15 is 0 Å². The van der Waals surface area contributed by atoms with Gasteiger partial charge in [-0.25, -0.2) is 4.79 Å². The third-order valence-corrected chi connectivity index (χ3v) is 3.79. The van der Waals surface area contributed by atoms with Gasteiger partial charge in [0.2, 0.25) is 0 Å². The molecule has 1 unspecified atom stereocenters. The van der Waals surface area contributed by atoms with Crippen molar-refractivity contribution >= 4 is 11.9 Å². The molecule has 0 spiro atoms. The second-order valence-corrected chi connectivity index (χ2v) is 5.09. The molecule has 0 bridgehead atoms. The molecule has 1 fully saturated rings. The van der Waals surface area contributed by atoms with Crippen LogP contribution in [0, 0.1) is 0 Å². The molecule has 7 heteroatoms. The number of aromatic nitrogens is 3. The first-order valence-corrected chi connectivity index (χ1v) is 6.78. The molecule has 1 atom stereocenters. The van der Waals surface area contributed by atoms with Crippen LogP contribution in [0.5, 0.6) is 0 Å². The van der Waals surface area contributed by atoms with Crippen LogP contribution in [0.15, 0.2) is 30.7 Å². The number of hydrogen-bond acceptors (Lipinski definition) is 3. The van der Waals surface area contributed by atoms with E-state index in [9.17, 15) is 14.7 Å². The van der Waals surface area contributed by atoms with E-state index in [0.29, 0.717) is 30.8 Å². The monoisotopic (exact) mass is 288 g/mol. The quantitative estimate of drug-likeness (QED) is 0.910. The Morgan fingerprint density at radius 1 is 1.33 bits per heavy atom. The number of likely N-dealkylation sites (tertiary alicyclic amines) is 1. The fraction of sp³-hybridized carbons (Fsp3) is 0.357. The number of carbonyl (C=O) groups is 2. The predicted molar refractivity (Wildman–Crippen MR) is 74.2 cm³/mol. The number of aliphatic carboxylic acids is 1. The molecular weight excluding hydrogens is 272 g/mol. The van der Waals surface area contributed by atoms with Crippen molar-refractivity contribution in [1.29, 1.82) is 0 Å². The summed E-state index contributed by atoms with van der Waals surface area (Å²) in [5, 5.41) is 13.4. The first-order valence-electron chi connectivity index (χ1n) is 6.78. The van der Waals surface area contributed by atoms with E-state index in [2.05, 4.69) is 5.10 Å². The van der Waals surface area contributed by atoms with Crippen LogP contribution in [-0.4, -0.2) is 48.8 Å². The lowest BCUT2D eigenvalue weighted by Gasteiger charge is -2.21. The minimum Gasteiger partial charge on any atom is -0.480 e. The second-order valence-electron chi connectivity index (χ2n) is 5.09. The molecule has 1 saturated heterocycles. The third kappa shape index (κ3) is 2.20. The number of carboxylic acid groups (broad SMARTS) is 1. The SMILES string of the molecule is Cn1ncc(C(=O)N2CCCC2C(=O)O)c1-n1cccc1. The summed E-state index contributed by atoms with van der Waals surface area (Å²) in [4.78, 5) is 25.4. The molecule has 7 nitrogen and oxygen atoms in total. The van der Waals surface area contributed by atoms with Gasteiger partial charge in [-0.05, 0) is 25.0 Å². The maximum Gasteiger partial charge on any atom is 0.326 e. The average molecular weight is 288 g/mol. The Morgan fingerprint density at radius 3 is 2.71 bits per heavy atom. The van der Waals surface area contributed by atoms with Gasteiger partial charge in [0.25, 0.3) is 5.91 Å². The highest BCUT2D eigenvalue weighted by Gasteiger charge is 2.36. The summed E-state index contributed by atoms with van der Waals surface area (Å²) in [6.07, 6.45) is 6.36. The summed E-state index contributed by atoms with van der Waals surface area (Å²) < 4.78 is 3.41. The Morgan fingerprint density at radius 2 is 2.05 bits per heavy atom. The Kier molecular flexibility index (Phi) is 3.25. The van der Waals surface area contributed by atoms with Gasteiger partial charge in [0.05, 0.1) is 6.20 Å². The van der Waals surface area contributed by atoms with Crippen molar-refractivity contribution in [3.05, 3.63) is 36.3 Å². The smallest absolute Gasteiger partial charge is 0.326 e. The molecule has 2 aromatic rings. The highest BCUT2D eigenvalue weighted by atomic mass is 16.4. The third-order valence-electron chi connectivity index (χ3n) is 3.79. The highest BCUT2D eigenvalue weighted by Crippen LogP contribution is 2.23. The zero-order valence-corrected chi connectivity index (χ0v) is 11.6. The molecule has 0 aromatic carbocycles. The van der Waals surface area contributed by atoms with Gasteiger partial charge in [-0.1, -0.05) is 0 Å². The van der Waals surface area contributed by atoms with Crippen molar-refractivity contribution in [2.45, 2.75) is 18.9 Å². The molecule has 1 amide bonds. The van der Waals surface area contributed by atoms with Crippen LogP contribution in [0.1, 0.15) is 23.2 Å². The number of nitrogens with zero attached hydrogens (tertiary/aromatic N) is 4. The molecule has 0 saturated carbocycles. The Bertz CT molecular complexity index is 674. The Hall–Kier alpha value is -2.57. The summed E-state index contributed by atoms with van der Waals surface area (Å²) >= 11 is 0. The predicted octanol–water partition coefficient (Wildman–Crippen LogP) is 0.900. The van der Waals surface area contributed by atoms with Crippen LogP contribution in [0.2, 0.25) is 0 Å².